The smallest absolute Gasteiger partial charge is 0.305 e. The van der Waals surface area contributed by atoms with Gasteiger partial charge < -0.3 is 25.2 Å². The Hall–Kier alpha value is -3.94. The van der Waals surface area contributed by atoms with Gasteiger partial charge in [-0.05, 0) is 54.2 Å². The molecule has 4 rings (SSSR count). The van der Waals surface area contributed by atoms with E-state index in [9.17, 15) is 19.8 Å². The monoisotopic (exact) mass is 528 g/mol. The van der Waals surface area contributed by atoms with Gasteiger partial charge in [0, 0.05) is 30.0 Å². The molecule has 0 aliphatic rings. The first-order valence-corrected chi connectivity index (χ1v) is 13.4. The maximum absolute atomic E-state index is 13.7. The van der Waals surface area contributed by atoms with Crippen LogP contribution < -0.4 is 5.32 Å². The summed E-state index contributed by atoms with van der Waals surface area (Å²) in [7, 11) is 0. The van der Waals surface area contributed by atoms with Gasteiger partial charge in [0.15, 0.2) is 0 Å². The lowest BCUT2D eigenvalue weighted by Crippen LogP contribution is -2.24. The summed E-state index contributed by atoms with van der Waals surface area (Å²) in [6.07, 6.45) is -1.41. The number of carbonyl (C=O) groups excluding carboxylic acids is 1. The first-order chi connectivity index (χ1) is 18.8. The highest BCUT2D eigenvalue weighted by Crippen LogP contribution is 2.35. The van der Waals surface area contributed by atoms with E-state index < -0.39 is 24.6 Å². The number of hydrogen-bond donors (Lipinski definition) is 4. The lowest BCUT2D eigenvalue weighted by molar-refractivity contribution is -0.139. The van der Waals surface area contributed by atoms with Crippen molar-refractivity contribution in [1.29, 1.82) is 0 Å². The van der Waals surface area contributed by atoms with Crippen LogP contribution in [0.1, 0.15) is 53.5 Å². The van der Waals surface area contributed by atoms with Crippen LogP contribution in [-0.2, 0) is 24.3 Å². The molecule has 1 heterocycles. The van der Waals surface area contributed by atoms with Gasteiger partial charge in [-0.1, -0.05) is 73.7 Å². The summed E-state index contributed by atoms with van der Waals surface area (Å²) in [5, 5.41) is 34.7. The van der Waals surface area contributed by atoms with Gasteiger partial charge in [0.05, 0.1) is 24.2 Å². The number of amides is 1. The van der Waals surface area contributed by atoms with Gasteiger partial charge in [0.2, 0.25) is 0 Å². The molecule has 204 valence electrons. The lowest BCUT2D eigenvalue weighted by atomic mass is 9.96. The third-order valence-corrected chi connectivity index (χ3v) is 7.17. The zero-order valence-electron chi connectivity index (χ0n) is 22.4. The van der Waals surface area contributed by atoms with Gasteiger partial charge in [-0.15, -0.1) is 0 Å². The summed E-state index contributed by atoms with van der Waals surface area (Å²) >= 11 is 0. The minimum atomic E-state index is -1.11. The van der Waals surface area contributed by atoms with Crippen LogP contribution in [0.5, 0.6) is 0 Å². The normalized spacial score (nSPS) is 12.8. The first kappa shape index (κ1) is 28.1. The topological polar surface area (TPSA) is 112 Å². The maximum Gasteiger partial charge on any atom is 0.305 e. The summed E-state index contributed by atoms with van der Waals surface area (Å²) in [6.45, 7) is 4.81. The highest BCUT2D eigenvalue weighted by molar-refractivity contribution is 6.04. The van der Waals surface area contributed by atoms with Crippen LogP contribution >= 0.6 is 0 Å². The van der Waals surface area contributed by atoms with E-state index in [2.05, 4.69) is 41.1 Å². The minimum absolute atomic E-state index is 0.0178. The molecule has 7 heteroatoms. The van der Waals surface area contributed by atoms with Crippen molar-refractivity contribution in [2.45, 2.75) is 64.8 Å². The molecule has 0 unspecified atom stereocenters. The third-order valence-electron chi connectivity index (χ3n) is 7.17. The quantitative estimate of drug-likeness (QED) is 0.205. The summed E-state index contributed by atoms with van der Waals surface area (Å²) < 4.78 is 2.08. The zero-order valence-corrected chi connectivity index (χ0v) is 22.4. The molecule has 4 aromatic rings. The molecular weight excluding hydrogens is 492 g/mol. The second-order valence-electron chi connectivity index (χ2n) is 9.95. The molecule has 0 spiro atoms. The predicted octanol–water partition coefficient (Wildman–Crippen LogP) is 5.09. The highest BCUT2D eigenvalue weighted by Gasteiger charge is 2.26. The van der Waals surface area contributed by atoms with E-state index in [1.54, 1.807) is 0 Å². The van der Waals surface area contributed by atoms with Crippen molar-refractivity contribution in [2.75, 3.05) is 0 Å². The van der Waals surface area contributed by atoms with E-state index >= 15 is 0 Å². The Morgan fingerprint density at radius 1 is 0.923 bits per heavy atom. The minimum Gasteiger partial charge on any atom is -0.481 e. The number of aliphatic carboxylic acids is 1. The molecule has 0 bridgehead atoms. The molecule has 0 saturated carbocycles. The van der Waals surface area contributed by atoms with Gasteiger partial charge >= 0.3 is 5.97 Å². The fourth-order valence-corrected chi connectivity index (χ4v) is 5.26. The number of aromatic nitrogens is 1. The number of fused-ring (bicyclic) bond motifs is 1. The molecule has 39 heavy (non-hydrogen) atoms. The molecular formula is C32H36N2O5. The molecule has 1 aromatic heterocycles. The Balaban J connectivity index is 1.69. The molecule has 7 nitrogen and oxygen atoms in total. The van der Waals surface area contributed by atoms with Gasteiger partial charge in [-0.2, -0.15) is 0 Å². The Bertz CT molecular complexity index is 1440. The maximum atomic E-state index is 13.7. The number of benzene rings is 3. The van der Waals surface area contributed by atoms with Crippen molar-refractivity contribution in [1.82, 2.24) is 9.88 Å². The number of carboxylic acids is 1. The molecule has 2 atom stereocenters. The van der Waals surface area contributed by atoms with Crippen LogP contribution in [-0.4, -0.2) is 44.0 Å². The van der Waals surface area contributed by atoms with Gasteiger partial charge in [-0.3, -0.25) is 9.59 Å². The summed E-state index contributed by atoms with van der Waals surface area (Å²) in [4.78, 5) is 24.6. The molecule has 0 fully saturated rings. The van der Waals surface area contributed by atoms with Crippen molar-refractivity contribution in [3.05, 3.63) is 95.3 Å². The van der Waals surface area contributed by atoms with E-state index in [4.69, 9.17) is 5.11 Å². The number of nitrogens with one attached hydrogen (secondary N) is 1. The van der Waals surface area contributed by atoms with Crippen LogP contribution in [0, 0.1) is 6.92 Å². The van der Waals surface area contributed by atoms with Crippen molar-refractivity contribution in [2.24, 2.45) is 0 Å². The third kappa shape index (κ3) is 6.74. The number of nitrogens with zero attached hydrogens (tertiary/aromatic N) is 1. The Labute approximate surface area is 228 Å². The van der Waals surface area contributed by atoms with E-state index in [0.29, 0.717) is 31.5 Å². The molecule has 0 saturated heterocycles. The van der Waals surface area contributed by atoms with Crippen LogP contribution in [0.3, 0.4) is 0 Å². The van der Waals surface area contributed by atoms with Crippen molar-refractivity contribution in [3.8, 4) is 11.1 Å². The van der Waals surface area contributed by atoms with E-state index in [1.165, 1.54) is 0 Å². The number of carboxylic acid groups (broad SMARTS) is 1. The van der Waals surface area contributed by atoms with Crippen LogP contribution in [0.4, 0.5) is 0 Å². The van der Waals surface area contributed by atoms with E-state index in [0.717, 1.165) is 38.9 Å². The van der Waals surface area contributed by atoms with Crippen molar-refractivity contribution < 1.29 is 24.9 Å². The molecule has 1 amide bonds. The zero-order chi connectivity index (χ0) is 27.9. The molecule has 0 radical (unpaired) electrons. The average Bonchev–Trinajstić information content (AvgIpc) is 3.21. The molecule has 0 aliphatic heterocycles. The van der Waals surface area contributed by atoms with E-state index in [-0.39, 0.29) is 12.3 Å². The summed E-state index contributed by atoms with van der Waals surface area (Å²) in [6, 6.07) is 24.1. The number of hydrogen-bond acceptors (Lipinski definition) is 4. The highest BCUT2D eigenvalue weighted by atomic mass is 16.4. The number of aliphatic hydroxyl groups is 2. The van der Waals surface area contributed by atoms with Crippen molar-refractivity contribution in [3.63, 3.8) is 0 Å². The second-order valence-corrected chi connectivity index (χ2v) is 9.95. The first-order valence-electron chi connectivity index (χ1n) is 13.4. The standard InChI is InChI=1S/C32H36N2O5/c1-3-28-31(25-14-13-23-11-7-8-12-24(23)17-25)30(32(39)33-20-22-9-5-4-6-10-22)21(2)34(28)16-15-26(35)18-27(36)19-29(37)38/h4-14,17,26-27,35-36H,3,15-16,18-20H2,1-2H3,(H,33,39)(H,37,38)/t26-,27-/m1/s1. The molecule has 4 N–H and O–H groups in total. The van der Waals surface area contributed by atoms with Crippen molar-refractivity contribution >= 4 is 22.6 Å². The summed E-state index contributed by atoms with van der Waals surface area (Å²) in [5.74, 6) is -1.26. The Kier molecular flexibility index (Phi) is 9.17. The number of aliphatic hydroxyl groups excluding tert-OH is 2. The van der Waals surface area contributed by atoms with Gasteiger partial charge in [-0.25, -0.2) is 0 Å². The number of rotatable bonds is 12. The van der Waals surface area contributed by atoms with Crippen LogP contribution in [0.15, 0.2) is 72.8 Å². The Morgan fingerprint density at radius 3 is 2.31 bits per heavy atom. The van der Waals surface area contributed by atoms with Gasteiger partial charge in [0.1, 0.15) is 0 Å². The SMILES string of the molecule is CCc1c(-c2ccc3ccccc3c2)c(C(=O)NCc2ccccc2)c(C)n1CC[C@@H](O)C[C@@H](O)CC(=O)O. The predicted molar refractivity (Wildman–Crippen MR) is 153 cm³/mol. The number of carbonyl (C=O) groups is 2. The second kappa shape index (κ2) is 12.7. The molecule has 3 aromatic carbocycles. The lowest BCUT2D eigenvalue weighted by Gasteiger charge is -2.17. The summed E-state index contributed by atoms with van der Waals surface area (Å²) in [5.41, 5.74) is 5.25. The van der Waals surface area contributed by atoms with Crippen LogP contribution in [0.2, 0.25) is 0 Å². The molecule has 0 aliphatic carbocycles. The fourth-order valence-electron chi connectivity index (χ4n) is 5.26. The fraction of sp³-hybridized carbons (Fsp3) is 0.312. The average molecular weight is 529 g/mol. The largest absolute Gasteiger partial charge is 0.481 e. The van der Waals surface area contributed by atoms with Crippen LogP contribution in [0.25, 0.3) is 21.9 Å². The van der Waals surface area contributed by atoms with E-state index in [1.807, 2.05) is 55.5 Å². The Morgan fingerprint density at radius 2 is 1.62 bits per heavy atom. The van der Waals surface area contributed by atoms with Gasteiger partial charge in [0.25, 0.3) is 5.91 Å².